The smallest absolute Gasteiger partial charge is 0.114 e. The van der Waals surface area contributed by atoms with Crippen molar-refractivity contribution in [1.82, 2.24) is 4.90 Å². The van der Waals surface area contributed by atoms with Crippen LogP contribution in [0.5, 0.6) is 0 Å². The third kappa shape index (κ3) is 2.54. The standard InChI is InChI=1S/C11H18N2O/c1-13(2)9-11(14,8-12)10-6-4-3-5-7-10/h3-7,14H,8-9,12H2,1-2H3. The van der Waals surface area contributed by atoms with Crippen LogP contribution in [0.15, 0.2) is 30.3 Å². The highest BCUT2D eigenvalue weighted by Gasteiger charge is 2.27. The van der Waals surface area contributed by atoms with Gasteiger partial charge in [0.1, 0.15) is 5.60 Å². The van der Waals surface area contributed by atoms with Gasteiger partial charge in [0.15, 0.2) is 0 Å². The van der Waals surface area contributed by atoms with Crippen LogP contribution in [0.3, 0.4) is 0 Å². The van der Waals surface area contributed by atoms with Gasteiger partial charge in [0.05, 0.1) is 0 Å². The minimum Gasteiger partial charge on any atom is -0.382 e. The zero-order valence-electron chi connectivity index (χ0n) is 8.77. The Bertz CT molecular complexity index is 274. The summed E-state index contributed by atoms with van der Waals surface area (Å²) in [7, 11) is 3.84. The molecule has 0 aliphatic rings. The molecular formula is C11H18N2O. The maximum absolute atomic E-state index is 10.3. The van der Waals surface area contributed by atoms with Gasteiger partial charge in [0, 0.05) is 13.1 Å². The number of rotatable bonds is 4. The molecule has 78 valence electrons. The Kier molecular flexibility index (Phi) is 3.63. The summed E-state index contributed by atoms with van der Waals surface area (Å²) in [5.74, 6) is 0. The quantitative estimate of drug-likeness (QED) is 0.729. The van der Waals surface area contributed by atoms with Gasteiger partial charge in [-0.15, -0.1) is 0 Å². The maximum atomic E-state index is 10.3. The zero-order valence-corrected chi connectivity index (χ0v) is 8.77. The lowest BCUT2D eigenvalue weighted by atomic mass is 9.93. The van der Waals surface area contributed by atoms with Gasteiger partial charge >= 0.3 is 0 Å². The van der Waals surface area contributed by atoms with Crippen LogP contribution in [0.25, 0.3) is 0 Å². The Balaban J connectivity index is 2.90. The van der Waals surface area contributed by atoms with Gasteiger partial charge < -0.3 is 15.7 Å². The lowest BCUT2D eigenvalue weighted by Crippen LogP contribution is -2.43. The summed E-state index contributed by atoms with van der Waals surface area (Å²) >= 11 is 0. The zero-order chi connectivity index (χ0) is 10.6. The van der Waals surface area contributed by atoms with Crippen molar-refractivity contribution < 1.29 is 5.11 Å². The second kappa shape index (κ2) is 4.55. The molecule has 1 aromatic carbocycles. The van der Waals surface area contributed by atoms with E-state index in [0.29, 0.717) is 6.54 Å². The van der Waals surface area contributed by atoms with Crippen molar-refractivity contribution in [2.24, 2.45) is 5.73 Å². The average molecular weight is 194 g/mol. The Morgan fingerprint density at radius 3 is 2.29 bits per heavy atom. The molecule has 0 saturated carbocycles. The number of nitrogens with zero attached hydrogens (tertiary/aromatic N) is 1. The molecule has 14 heavy (non-hydrogen) atoms. The molecule has 0 spiro atoms. The third-order valence-electron chi connectivity index (χ3n) is 2.23. The highest BCUT2D eigenvalue weighted by Crippen LogP contribution is 2.19. The molecular weight excluding hydrogens is 176 g/mol. The number of benzene rings is 1. The molecule has 1 rings (SSSR count). The van der Waals surface area contributed by atoms with Crippen molar-refractivity contribution in [3.63, 3.8) is 0 Å². The lowest BCUT2D eigenvalue weighted by molar-refractivity contribution is 0.0201. The van der Waals surface area contributed by atoms with Crippen LogP contribution in [0.2, 0.25) is 0 Å². The Hall–Kier alpha value is -0.900. The molecule has 0 aliphatic heterocycles. The monoisotopic (exact) mass is 194 g/mol. The molecule has 1 unspecified atom stereocenters. The summed E-state index contributed by atoms with van der Waals surface area (Å²) in [5, 5.41) is 10.3. The van der Waals surface area contributed by atoms with Crippen molar-refractivity contribution >= 4 is 0 Å². The van der Waals surface area contributed by atoms with E-state index in [1.54, 1.807) is 0 Å². The topological polar surface area (TPSA) is 49.5 Å². The van der Waals surface area contributed by atoms with Crippen molar-refractivity contribution in [3.05, 3.63) is 35.9 Å². The van der Waals surface area contributed by atoms with Gasteiger partial charge in [0.2, 0.25) is 0 Å². The molecule has 1 atom stereocenters. The van der Waals surface area contributed by atoms with E-state index in [2.05, 4.69) is 0 Å². The second-order valence-corrected chi connectivity index (χ2v) is 3.84. The van der Waals surface area contributed by atoms with E-state index in [9.17, 15) is 5.11 Å². The van der Waals surface area contributed by atoms with Crippen LogP contribution in [-0.2, 0) is 5.60 Å². The summed E-state index contributed by atoms with van der Waals surface area (Å²) in [4.78, 5) is 1.93. The van der Waals surface area contributed by atoms with E-state index in [4.69, 9.17) is 5.73 Å². The fourth-order valence-corrected chi connectivity index (χ4v) is 1.55. The number of aliphatic hydroxyl groups is 1. The van der Waals surface area contributed by atoms with Gasteiger partial charge in [-0.25, -0.2) is 0 Å². The van der Waals surface area contributed by atoms with Crippen LogP contribution in [-0.4, -0.2) is 37.2 Å². The van der Waals surface area contributed by atoms with E-state index in [1.165, 1.54) is 0 Å². The third-order valence-corrected chi connectivity index (χ3v) is 2.23. The van der Waals surface area contributed by atoms with Crippen LogP contribution in [0.4, 0.5) is 0 Å². The molecule has 0 aromatic heterocycles. The summed E-state index contributed by atoms with van der Waals surface area (Å²) in [6, 6.07) is 9.54. The minimum absolute atomic E-state index is 0.231. The summed E-state index contributed by atoms with van der Waals surface area (Å²) in [6.45, 7) is 0.767. The minimum atomic E-state index is -0.940. The molecule has 0 bridgehead atoms. The van der Waals surface area contributed by atoms with Gasteiger partial charge in [-0.2, -0.15) is 0 Å². The molecule has 3 nitrogen and oxygen atoms in total. The fourth-order valence-electron chi connectivity index (χ4n) is 1.55. The molecule has 0 amide bonds. The Labute approximate surface area is 85.2 Å². The Morgan fingerprint density at radius 1 is 1.29 bits per heavy atom. The Morgan fingerprint density at radius 2 is 1.86 bits per heavy atom. The number of hydrogen-bond donors (Lipinski definition) is 2. The van der Waals surface area contributed by atoms with Crippen molar-refractivity contribution in [2.75, 3.05) is 27.2 Å². The van der Waals surface area contributed by atoms with E-state index in [0.717, 1.165) is 5.56 Å². The van der Waals surface area contributed by atoms with E-state index in [1.807, 2.05) is 49.3 Å². The van der Waals surface area contributed by atoms with Crippen molar-refractivity contribution in [3.8, 4) is 0 Å². The molecule has 0 aliphatic carbocycles. The fraction of sp³-hybridized carbons (Fsp3) is 0.455. The first-order chi connectivity index (χ1) is 6.58. The SMILES string of the molecule is CN(C)CC(O)(CN)c1ccccc1. The molecule has 0 saturated heterocycles. The number of nitrogens with two attached hydrogens (primary N) is 1. The first-order valence-electron chi connectivity index (χ1n) is 4.71. The average Bonchev–Trinajstić information content (AvgIpc) is 2.18. The van der Waals surface area contributed by atoms with Crippen molar-refractivity contribution in [2.45, 2.75) is 5.60 Å². The molecule has 3 heteroatoms. The first-order valence-corrected chi connectivity index (χ1v) is 4.71. The molecule has 0 heterocycles. The van der Waals surface area contributed by atoms with Crippen LogP contribution >= 0.6 is 0 Å². The molecule has 1 aromatic rings. The van der Waals surface area contributed by atoms with E-state index in [-0.39, 0.29) is 6.54 Å². The maximum Gasteiger partial charge on any atom is 0.114 e. The molecule has 0 fully saturated rings. The van der Waals surface area contributed by atoms with E-state index < -0.39 is 5.60 Å². The van der Waals surface area contributed by atoms with Crippen LogP contribution < -0.4 is 5.73 Å². The predicted octanol–water partition coefficient (Wildman–Crippen LogP) is 0.394. The highest BCUT2D eigenvalue weighted by atomic mass is 16.3. The largest absolute Gasteiger partial charge is 0.382 e. The van der Waals surface area contributed by atoms with Gasteiger partial charge in [-0.1, -0.05) is 30.3 Å². The van der Waals surface area contributed by atoms with E-state index >= 15 is 0 Å². The van der Waals surface area contributed by atoms with Crippen LogP contribution in [0, 0.1) is 0 Å². The van der Waals surface area contributed by atoms with Gasteiger partial charge in [-0.05, 0) is 19.7 Å². The normalized spacial score (nSPS) is 15.5. The van der Waals surface area contributed by atoms with Gasteiger partial charge in [-0.3, -0.25) is 0 Å². The predicted molar refractivity (Wildman–Crippen MR) is 57.9 cm³/mol. The summed E-state index contributed by atoms with van der Waals surface area (Å²) in [5.41, 5.74) is 5.54. The lowest BCUT2D eigenvalue weighted by Gasteiger charge is -2.30. The first kappa shape index (κ1) is 11.2. The number of likely N-dealkylation sites (N-methyl/N-ethyl adjacent to an activating group) is 1. The highest BCUT2D eigenvalue weighted by molar-refractivity contribution is 5.23. The van der Waals surface area contributed by atoms with Gasteiger partial charge in [0.25, 0.3) is 0 Å². The van der Waals surface area contributed by atoms with Crippen LogP contribution in [0.1, 0.15) is 5.56 Å². The molecule has 0 radical (unpaired) electrons. The summed E-state index contributed by atoms with van der Waals surface area (Å²) < 4.78 is 0. The summed E-state index contributed by atoms with van der Waals surface area (Å²) in [6.07, 6.45) is 0. The molecule has 3 N–H and O–H groups in total. The second-order valence-electron chi connectivity index (χ2n) is 3.84. The van der Waals surface area contributed by atoms with Crippen molar-refractivity contribution in [1.29, 1.82) is 0 Å². The number of hydrogen-bond acceptors (Lipinski definition) is 3.